The summed E-state index contributed by atoms with van der Waals surface area (Å²) in [5, 5.41) is 6.30. The van der Waals surface area contributed by atoms with Gasteiger partial charge < -0.3 is 4.55 Å². The van der Waals surface area contributed by atoms with Gasteiger partial charge in [-0.15, -0.1) is 5.10 Å². The van der Waals surface area contributed by atoms with Crippen molar-refractivity contribution in [3.63, 3.8) is 0 Å². The predicted octanol–water partition coefficient (Wildman–Crippen LogP) is -0.943. The summed E-state index contributed by atoms with van der Waals surface area (Å²) in [6, 6.07) is 3.74. The van der Waals surface area contributed by atoms with E-state index in [2.05, 4.69) is 10.2 Å². The molecule has 0 spiro atoms. The van der Waals surface area contributed by atoms with Gasteiger partial charge in [-0.3, -0.25) is 0 Å². The lowest BCUT2D eigenvalue weighted by Crippen LogP contribution is -2.02. The molecule has 5 nitrogen and oxygen atoms in total. The predicted molar refractivity (Wildman–Crippen MR) is 36.4 cm³/mol. The monoisotopic (exact) mass is 176 g/mol. The van der Waals surface area contributed by atoms with Crippen molar-refractivity contribution >= 4 is 10.1 Å². The second-order valence-electron chi connectivity index (χ2n) is 1.66. The van der Waals surface area contributed by atoms with Crippen molar-refractivity contribution in [2.75, 3.05) is 6.26 Å². The average Bonchev–Trinajstić information content (AvgIpc) is 1.88. The van der Waals surface area contributed by atoms with Crippen LogP contribution in [0.25, 0.3) is 0 Å². The minimum Gasteiger partial charge on any atom is -0.748 e. The fraction of sp³-hybridized carbons (Fsp3) is 0.200. The lowest BCUT2D eigenvalue weighted by molar-refractivity contribution is -0.455. The fourth-order valence-corrected chi connectivity index (χ4v) is 0.277. The zero-order valence-electron chi connectivity index (χ0n) is 5.89. The second-order valence-corrected chi connectivity index (χ2v) is 3.07. The molecule has 0 radical (unpaired) electrons. The molecular formula is C5H8N2O3S. The van der Waals surface area contributed by atoms with Gasteiger partial charge in [0.25, 0.3) is 0 Å². The molecule has 0 saturated heterocycles. The summed E-state index contributed by atoms with van der Waals surface area (Å²) in [5.41, 5.74) is 0. The van der Waals surface area contributed by atoms with E-state index < -0.39 is 10.1 Å². The van der Waals surface area contributed by atoms with E-state index >= 15 is 0 Å². The minimum atomic E-state index is -3.92. The van der Waals surface area contributed by atoms with Crippen molar-refractivity contribution < 1.29 is 18.1 Å². The Labute approximate surface area is 64.8 Å². The molecule has 0 atom stereocenters. The van der Waals surface area contributed by atoms with Gasteiger partial charge in [-0.1, -0.05) is 0 Å². The van der Waals surface area contributed by atoms with E-state index in [4.69, 9.17) is 13.0 Å². The van der Waals surface area contributed by atoms with E-state index in [1.54, 1.807) is 12.4 Å². The van der Waals surface area contributed by atoms with Crippen molar-refractivity contribution in [2.45, 2.75) is 0 Å². The molecule has 0 aliphatic heterocycles. The molecule has 0 saturated carbocycles. The van der Waals surface area contributed by atoms with Crippen molar-refractivity contribution in [1.29, 1.82) is 0 Å². The van der Waals surface area contributed by atoms with Crippen LogP contribution < -0.4 is 5.10 Å². The van der Waals surface area contributed by atoms with Crippen LogP contribution in [0.5, 0.6) is 0 Å². The van der Waals surface area contributed by atoms with Crippen LogP contribution in [0, 0.1) is 0 Å². The summed E-state index contributed by atoms with van der Waals surface area (Å²) in [6.07, 6.45) is 4.06. The topological polar surface area (TPSA) is 84.2 Å². The molecule has 0 aromatic carbocycles. The van der Waals surface area contributed by atoms with Gasteiger partial charge in [-0.2, -0.15) is 0 Å². The van der Waals surface area contributed by atoms with Gasteiger partial charge in [0.1, 0.15) is 0 Å². The standard InChI is InChI=1S/C4H4N2.CH4O3S/c1-2-4-6-5-3-1;1-5(2,3)4/h1-4H;1H3,(H,2,3,4). The van der Waals surface area contributed by atoms with E-state index in [1.165, 1.54) is 0 Å². The number of H-pyrrole nitrogens is 1. The van der Waals surface area contributed by atoms with E-state index in [9.17, 15) is 0 Å². The number of aromatic amines is 1. The van der Waals surface area contributed by atoms with Crippen LogP contribution in [0.4, 0.5) is 0 Å². The maximum absolute atomic E-state index is 9.08. The van der Waals surface area contributed by atoms with E-state index in [1.807, 2.05) is 12.1 Å². The lowest BCUT2D eigenvalue weighted by Gasteiger charge is -1.90. The highest BCUT2D eigenvalue weighted by molar-refractivity contribution is 7.84. The Morgan fingerprint density at radius 3 is 2.09 bits per heavy atom. The molecule has 1 rings (SSSR count). The van der Waals surface area contributed by atoms with Gasteiger partial charge in [0.2, 0.25) is 0 Å². The van der Waals surface area contributed by atoms with Crippen LogP contribution >= 0.6 is 0 Å². The molecule has 1 heterocycles. The smallest absolute Gasteiger partial charge is 0.193 e. The maximum atomic E-state index is 9.08. The molecular weight excluding hydrogens is 168 g/mol. The number of aromatic nitrogens is 2. The Hall–Kier alpha value is -1.01. The van der Waals surface area contributed by atoms with E-state index in [-0.39, 0.29) is 0 Å². The van der Waals surface area contributed by atoms with Crippen molar-refractivity contribution in [3.8, 4) is 0 Å². The number of rotatable bonds is 0. The molecule has 1 N–H and O–H groups in total. The van der Waals surface area contributed by atoms with Gasteiger partial charge in [0.05, 0.1) is 16.3 Å². The van der Waals surface area contributed by atoms with Crippen LogP contribution in [0.3, 0.4) is 0 Å². The molecule has 0 fully saturated rings. The largest absolute Gasteiger partial charge is 0.748 e. The first-order chi connectivity index (χ1) is 5.00. The minimum absolute atomic E-state index is 0.604. The summed E-state index contributed by atoms with van der Waals surface area (Å²) < 4.78 is 27.2. The zero-order valence-corrected chi connectivity index (χ0v) is 6.71. The van der Waals surface area contributed by atoms with Gasteiger partial charge in [0.15, 0.2) is 6.20 Å². The Kier molecular flexibility index (Phi) is 4.32. The van der Waals surface area contributed by atoms with Crippen molar-refractivity contribution in [1.82, 2.24) is 5.10 Å². The fourth-order valence-electron chi connectivity index (χ4n) is 0.277. The molecule has 0 amide bonds. The number of nitrogens with one attached hydrogen (secondary N) is 1. The third-order valence-electron chi connectivity index (χ3n) is 0.517. The molecule has 0 aliphatic carbocycles. The van der Waals surface area contributed by atoms with Crippen molar-refractivity contribution in [2.24, 2.45) is 0 Å². The summed E-state index contributed by atoms with van der Waals surface area (Å²) in [7, 11) is -3.92. The van der Waals surface area contributed by atoms with Gasteiger partial charge in [0, 0.05) is 12.3 Å². The number of hydrogen-bond acceptors (Lipinski definition) is 4. The molecule has 6 heteroatoms. The SMILES string of the molecule is CS(=O)(=O)[O-].c1cc[nH+]nc1. The molecule has 0 bridgehead atoms. The summed E-state index contributed by atoms with van der Waals surface area (Å²) in [5.74, 6) is 0. The van der Waals surface area contributed by atoms with Gasteiger partial charge >= 0.3 is 0 Å². The molecule has 0 aliphatic rings. The third-order valence-corrected chi connectivity index (χ3v) is 0.517. The van der Waals surface area contributed by atoms with Crippen LogP contribution in [0.1, 0.15) is 0 Å². The van der Waals surface area contributed by atoms with E-state index in [0.29, 0.717) is 6.26 Å². The zero-order chi connectivity index (χ0) is 8.74. The first-order valence-electron chi connectivity index (χ1n) is 2.68. The third kappa shape index (κ3) is 17.6. The molecule has 1 aromatic heterocycles. The van der Waals surface area contributed by atoms with Crippen LogP contribution in [0.15, 0.2) is 24.5 Å². The molecule has 11 heavy (non-hydrogen) atoms. The Morgan fingerprint density at radius 2 is 2.00 bits per heavy atom. The highest BCUT2D eigenvalue weighted by atomic mass is 32.2. The van der Waals surface area contributed by atoms with Crippen LogP contribution in [0.2, 0.25) is 0 Å². The average molecular weight is 176 g/mol. The first-order valence-corrected chi connectivity index (χ1v) is 4.50. The quantitative estimate of drug-likeness (QED) is 0.477. The maximum Gasteiger partial charge on any atom is 0.193 e. The first kappa shape index (κ1) is 9.99. The Bertz CT molecular complexity index is 236. The summed E-state index contributed by atoms with van der Waals surface area (Å²) in [4.78, 5) is 0. The highest BCUT2D eigenvalue weighted by Crippen LogP contribution is 1.63. The van der Waals surface area contributed by atoms with Crippen molar-refractivity contribution in [3.05, 3.63) is 24.5 Å². The molecule has 0 unspecified atom stereocenters. The summed E-state index contributed by atoms with van der Waals surface area (Å²) >= 11 is 0. The van der Waals surface area contributed by atoms with E-state index in [0.717, 1.165) is 0 Å². The van der Waals surface area contributed by atoms with Gasteiger partial charge in [-0.25, -0.2) is 8.42 Å². The molecule has 62 valence electrons. The second kappa shape index (κ2) is 4.75. The molecule has 1 aromatic rings. The summed E-state index contributed by atoms with van der Waals surface area (Å²) in [6.45, 7) is 0. The van der Waals surface area contributed by atoms with Gasteiger partial charge in [-0.05, 0) is 11.2 Å². The Balaban J connectivity index is 0.000000187. The highest BCUT2D eigenvalue weighted by Gasteiger charge is 1.67. The Morgan fingerprint density at radius 1 is 1.45 bits per heavy atom. The number of hydrogen-bond donors (Lipinski definition) is 0. The normalized spacial score (nSPS) is 9.64. The van der Waals surface area contributed by atoms with Crippen LogP contribution in [-0.2, 0) is 10.1 Å². The number of nitrogens with zero attached hydrogens (tertiary/aromatic N) is 1. The lowest BCUT2D eigenvalue weighted by atomic mass is 10.6. The van der Waals surface area contributed by atoms with Crippen LogP contribution in [-0.4, -0.2) is 24.3 Å².